The van der Waals surface area contributed by atoms with Crippen LogP contribution >= 0.6 is 22.6 Å². The van der Waals surface area contributed by atoms with E-state index in [2.05, 4.69) is 0 Å². The predicted molar refractivity (Wildman–Crippen MR) is 57.5 cm³/mol. The summed E-state index contributed by atoms with van der Waals surface area (Å²) in [5.74, 6) is -2.47. The maximum absolute atomic E-state index is 10.7. The summed E-state index contributed by atoms with van der Waals surface area (Å²) in [6.45, 7) is 0. The van der Waals surface area contributed by atoms with Gasteiger partial charge in [0.1, 0.15) is 0 Å². The van der Waals surface area contributed by atoms with Crippen LogP contribution in [0.4, 0.5) is 5.69 Å². The molecular formula is C8H6INO4. The lowest BCUT2D eigenvalue weighted by Gasteiger charge is -2.05. The molecule has 1 rings (SSSR count). The molecule has 74 valence electrons. The van der Waals surface area contributed by atoms with E-state index in [9.17, 15) is 9.59 Å². The van der Waals surface area contributed by atoms with E-state index >= 15 is 0 Å². The molecule has 0 heterocycles. The fourth-order valence-electron chi connectivity index (χ4n) is 0.972. The number of anilines is 1. The van der Waals surface area contributed by atoms with E-state index in [1.807, 2.05) is 22.6 Å². The number of carboxylic acids is 2. The van der Waals surface area contributed by atoms with Crippen LogP contribution in [0.25, 0.3) is 0 Å². The van der Waals surface area contributed by atoms with E-state index in [4.69, 9.17) is 15.9 Å². The normalized spacial score (nSPS) is 9.79. The second kappa shape index (κ2) is 3.82. The summed E-state index contributed by atoms with van der Waals surface area (Å²) in [6.07, 6.45) is 0. The molecule has 6 heteroatoms. The Hall–Kier alpha value is -1.31. The van der Waals surface area contributed by atoms with E-state index in [1.165, 1.54) is 12.1 Å². The molecule has 0 atom stereocenters. The number of carboxylic acid groups (broad SMARTS) is 2. The number of hydrogen-bond acceptors (Lipinski definition) is 3. The minimum atomic E-state index is -1.23. The van der Waals surface area contributed by atoms with Crippen molar-refractivity contribution < 1.29 is 19.8 Å². The van der Waals surface area contributed by atoms with E-state index in [0.717, 1.165) is 0 Å². The predicted octanol–water partition coefficient (Wildman–Crippen LogP) is 1.27. The number of benzene rings is 1. The first-order valence-electron chi connectivity index (χ1n) is 3.49. The molecule has 0 saturated carbocycles. The molecule has 0 fully saturated rings. The summed E-state index contributed by atoms with van der Waals surface area (Å²) in [6, 6.07) is 2.65. The van der Waals surface area contributed by atoms with Crippen molar-refractivity contribution in [1.29, 1.82) is 0 Å². The molecule has 14 heavy (non-hydrogen) atoms. The number of nitrogen functional groups attached to an aromatic ring is 1. The van der Waals surface area contributed by atoms with Gasteiger partial charge in [-0.05, 0) is 34.7 Å². The lowest BCUT2D eigenvalue weighted by Crippen LogP contribution is -2.09. The fraction of sp³-hybridized carbons (Fsp3) is 0. The van der Waals surface area contributed by atoms with Crippen LogP contribution in [0.15, 0.2) is 12.1 Å². The molecule has 0 aromatic heterocycles. The minimum absolute atomic E-state index is 0.186. The second-order valence-electron chi connectivity index (χ2n) is 2.52. The van der Waals surface area contributed by atoms with Gasteiger partial charge in [-0.3, -0.25) is 0 Å². The van der Waals surface area contributed by atoms with Gasteiger partial charge in [0.15, 0.2) is 0 Å². The number of halogens is 1. The second-order valence-corrected chi connectivity index (χ2v) is 3.77. The molecule has 0 aliphatic carbocycles. The first kappa shape index (κ1) is 10.8. The third-order valence-corrected chi connectivity index (χ3v) is 2.23. The van der Waals surface area contributed by atoms with Crippen molar-refractivity contribution in [1.82, 2.24) is 0 Å². The molecule has 0 spiro atoms. The average Bonchev–Trinajstić information content (AvgIpc) is 2.07. The molecule has 5 nitrogen and oxygen atoms in total. The van der Waals surface area contributed by atoms with Crippen molar-refractivity contribution in [2.75, 3.05) is 5.73 Å². The van der Waals surface area contributed by atoms with Crippen LogP contribution in [-0.2, 0) is 0 Å². The first-order chi connectivity index (χ1) is 6.43. The van der Waals surface area contributed by atoms with E-state index < -0.39 is 11.9 Å². The Balaban J connectivity index is 3.47. The van der Waals surface area contributed by atoms with Crippen LogP contribution in [0.3, 0.4) is 0 Å². The zero-order chi connectivity index (χ0) is 10.9. The third kappa shape index (κ3) is 1.95. The Bertz CT molecular complexity index is 381. The number of hydrogen-bond donors (Lipinski definition) is 3. The molecule has 0 bridgehead atoms. The van der Waals surface area contributed by atoms with Gasteiger partial charge in [-0.25, -0.2) is 9.59 Å². The van der Waals surface area contributed by atoms with Gasteiger partial charge in [0.25, 0.3) is 0 Å². The van der Waals surface area contributed by atoms with Gasteiger partial charge in [0.2, 0.25) is 0 Å². The average molecular weight is 307 g/mol. The summed E-state index contributed by atoms with van der Waals surface area (Å²) >= 11 is 1.83. The van der Waals surface area contributed by atoms with Gasteiger partial charge < -0.3 is 15.9 Å². The third-order valence-electron chi connectivity index (χ3n) is 1.61. The number of aromatic carboxylic acids is 2. The van der Waals surface area contributed by atoms with Crippen molar-refractivity contribution in [3.63, 3.8) is 0 Å². The molecule has 4 N–H and O–H groups in total. The number of carbonyl (C=O) groups is 2. The maximum Gasteiger partial charge on any atom is 0.337 e. The lowest BCUT2D eigenvalue weighted by molar-refractivity contribution is 0.0696. The van der Waals surface area contributed by atoms with Crippen molar-refractivity contribution in [3.05, 3.63) is 26.8 Å². The Kier molecular flexibility index (Phi) is 2.94. The summed E-state index contributed by atoms with van der Waals surface area (Å²) in [5.41, 5.74) is 4.80. The molecule has 0 amide bonds. The van der Waals surface area contributed by atoms with Crippen LogP contribution in [-0.4, -0.2) is 22.2 Å². The van der Waals surface area contributed by atoms with E-state index in [-0.39, 0.29) is 16.8 Å². The zero-order valence-electron chi connectivity index (χ0n) is 6.82. The van der Waals surface area contributed by atoms with Crippen molar-refractivity contribution in [3.8, 4) is 0 Å². The van der Waals surface area contributed by atoms with Crippen LogP contribution in [0.1, 0.15) is 20.7 Å². The highest BCUT2D eigenvalue weighted by atomic mass is 127. The van der Waals surface area contributed by atoms with Gasteiger partial charge >= 0.3 is 11.9 Å². The van der Waals surface area contributed by atoms with Crippen LogP contribution in [0.2, 0.25) is 0 Å². The number of nitrogens with two attached hydrogens (primary N) is 1. The molecular weight excluding hydrogens is 301 g/mol. The molecule has 1 aromatic carbocycles. The van der Waals surface area contributed by atoms with Crippen LogP contribution in [0.5, 0.6) is 0 Å². The van der Waals surface area contributed by atoms with E-state index in [1.54, 1.807) is 0 Å². The SMILES string of the molecule is Nc1c(C(=O)O)cc(I)cc1C(=O)O. The Morgan fingerprint density at radius 3 is 1.79 bits per heavy atom. The summed E-state index contributed by atoms with van der Waals surface area (Å²) < 4.78 is 0.520. The standard InChI is InChI=1S/C8H6INO4/c9-3-1-4(7(11)12)6(10)5(2-3)8(13)14/h1-2H,10H2,(H,11,12)(H,13,14). The van der Waals surface area contributed by atoms with Gasteiger partial charge in [-0.2, -0.15) is 0 Å². The maximum atomic E-state index is 10.7. The summed E-state index contributed by atoms with van der Waals surface area (Å²) in [7, 11) is 0. The number of rotatable bonds is 2. The Labute approximate surface area is 92.7 Å². The molecule has 0 unspecified atom stereocenters. The van der Waals surface area contributed by atoms with Crippen LogP contribution in [0, 0.1) is 3.57 Å². The zero-order valence-corrected chi connectivity index (χ0v) is 8.98. The van der Waals surface area contributed by atoms with Gasteiger partial charge in [-0.1, -0.05) is 0 Å². The highest BCUT2D eigenvalue weighted by molar-refractivity contribution is 14.1. The summed E-state index contributed by atoms with van der Waals surface area (Å²) in [5, 5.41) is 17.4. The first-order valence-corrected chi connectivity index (χ1v) is 4.57. The van der Waals surface area contributed by atoms with Gasteiger partial charge in [0, 0.05) is 3.57 Å². The van der Waals surface area contributed by atoms with Crippen molar-refractivity contribution >= 4 is 40.2 Å². The van der Waals surface area contributed by atoms with Gasteiger partial charge in [-0.15, -0.1) is 0 Å². The topological polar surface area (TPSA) is 101 Å². The molecule has 0 aliphatic rings. The molecule has 0 radical (unpaired) electrons. The van der Waals surface area contributed by atoms with E-state index in [0.29, 0.717) is 3.57 Å². The highest BCUT2D eigenvalue weighted by Gasteiger charge is 2.16. The Morgan fingerprint density at radius 1 is 1.14 bits per heavy atom. The highest BCUT2D eigenvalue weighted by Crippen LogP contribution is 2.21. The van der Waals surface area contributed by atoms with Crippen molar-refractivity contribution in [2.45, 2.75) is 0 Å². The fourth-order valence-corrected chi connectivity index (χ4v) is 1.59. The Morgan fingerprint density at radius 2 is 1.50 bits per heavy atom. The molecule has 0 saturated heterocycles. The molecule has 0 aliphatic heterocycles. The molecule has 1 aromatic rings. The minimum Gasteiger partial charge on any atom is -0.478 e. The van der Waals surface area contributed by atoms with Crippen molar-refractivity contribution in [2.24, 2.45) is 0 Å². The smallest absolute Gasteiger partial charge is 0.337 e. The largest absolute Gasteiger partial charge is 0.478 e. The van der Waals surface area contributed by atoms with Crippen LogP contribution < -0.4 is 5.73 Å². The quantitative estimate of drug-likeness (QED) is 0.564. The van der Waals surface area contributed by atoms with Gasteiger partial charge in [0.05, 0.1) is 16.8 Å². The monoisotopic (exact) mass is 307 g/mol. The lowest BCUT2D eigenvalue weighted by atomic mass is 10.1. The summed E-state index contributed by atoms with van der Waals surface area (Å²) in [4.78, 5) is 21.3.